The molecule has 3 aromatic heterocycles. The third kappa shape index (κ3) is 5.03. The van der Waals surface area contributed by atoms with E-state index in [1.807, 2.05) is 0 Å². The van der Waals surface area contributed by atoms with Crippen molar-refractivity contribution in [2.45, 2.75) is 33.6 Å². The lowest BCUT2D eigenvalue weighted by atomic mass is 9.99. The number of hydrogen-bond donors (Lipinski definition) is 1. The monoisotopic (exact) mass is 521 g/mol. The summed E-state index contributed by atoms with van der Waals surface area (Å²) in [7, 11) is 0. The summed E-state index contributed by atoms with van der Waals surface area (Å²) in [5.41, 5.74) is 4.08. The Bertz CT molecular complexity index is 1420. The molecular weight excluding hydrogens is 494 g/mol. The molecule has 1 N–H and O–H groups in total. The molecule has 0 radical (unpaired) electrons. The Labute approximate surface area is 217 Å². The van der Waals surface area contributed by atoms with Gasteiger partial charge in [0.25, 0.3) is 0 Å². The van der Waals surface area contributed by atoms with Crippen molar-refractivity contribution in [3.05, 3.63) is 70.2 Å². The molecule has 0 bridgehead atoms. The molecule has 0 aliphatic carbocycles. The second kappa shape index (κ2) is 11.0. The van der Waals surface area contributed by atoms with Crippen molar-refractivity contribution in [2.75, 3.05) is 18.5 Å². The number of rotatable bonds is 9. The first kappa shape index (κ1) is 25.5. The largest absolute Gasteiger partial charge is 0.462 e. The summed E-state index contributed by atoms with van der Waals surface area (Å²) in [6.07, 6.45) is 2.98. The molecule has 186 valence electrons. The second-order valence-corrected chi connectivity index (χ2v) is 10.2. The molecule has 0 unspecified atom stereocenters. The fourth-order valence-electron chi connectivity index (χ4n) is 3.78. The minimum Gasteiger partial charge on any atom is -0.462 e. The summed E-state index contributed by atoms with van der Waals surface area (Å²) in [5.74, 6) is -0.0570. The fraction of sp³-hybridized carbons (Fsp3) is 0.259. The van der Waals surface area contributed by atoms with E-state index in [9.17, 15) is 9.59 Å². The van der Waals surface area contributed by atoms with Gasteiger partial charge < -0.3 is 14.8 Å². The van der Waals surface area contributed by atoms with Gasteiger partial charge >= 0.3 is 11.9 Å². The Morgan fingerprint density at radius 1 is 1.14 bits per heavy atom. The predicted octanol–water partition coefficient (Wildman–Crippen LogP) is 7.11. The van der Waals surface area contributed by atoms with Crippen LogP contribution in [0.2, 0.25) is 0 Å². The molecule has 3 heterocycles. The van der Waals surface area contributed by atoms with Crippen molar-refractivity contribution >= 4 is 55.6 Å². The lowest BCUT2D eigenvalue weighted by Gasteiger charge is -2.10. The number of hydrogen-bond acceptors (Lipinski definition) is 9. The zero-order valence-corrected chi connectivity index (χ0v) is 22.2. The number of aromatic nitrogens is 2. The number of benzene rings is 1. The van der Waals surface area contributed by atoms with Crippen LogP contribution in [-0.2, 0) is 9.47 Å². The third-order valence-electron chi connectivity index (χ3n) is 5.63. The van der Waals surface area contributed by atoms with Crippen LogP contribution in [0.5, 0.6) is 0 Å². The Kier molecular flexibility index (Phi) is 7.81. The zero-order valence-electron chi connectivity index (χ0n) is 20.6. The number of carbonyl (C=O) groups is 2. The SMILES string of the molecule is C=CCOC(=O)c1sc(Nc2ncnc3scc(-c4ccc(C(C)C)cc4)c23)c(C(=O)OCC)c1C. The average molecular weight is 522 g/mol. The van der Waals surface area contributed by atoms with Crippen LogP contribution in [0.3, 0.4) is 0 Å². The number of ether oxygens (including phenoxy) is 2. The molecule has 0 fully saturated rings. The van der Waals surface area contributed by atoms with Crippen molar-refractivity contribution in [1.29, 1.82) is 0 Å². The maximum atomic E-state index is 12.9. The number of anilines is 2. The molecule has 9 heteroatoms. The van der Waals surface area contributed by atoms with E-state index in [0.29, 0.717) is 27.2 Å². The van der Waals surface area contributed by atoms with Crippen LogP contribution in [0.15, 0.2) is 48.6 Å². The molecule has 0 spiro atoms. The summed E-state index contributed by atoms with van der Waals surface area (Å²) in [4.78, 5) is 35.6. The third-order valence-corrected chi connectivity index (χ3v) is 7.71. The van der Waals surface area contributed by atoms with E-state index in [2.05, 4.69) is 65.4 Å². The highest BCUT2D eigenvalue weighted by Crippen LogP contribution is 2.41. The molecule has 0 aliphatic rings. The van der Waals surface area contributed by atoms with E-state index >= 15 is 0 Å². The molecule has 0 amide bonds. The lowest BCUT2D eigenvalue weighted by Crippen LogP contribution is -2.09. The van der Waals surface area contributed by atoms with Gasteiger partial charge in [0.1, 0.15) is 33.5 Å². The fourth-order valence-corrected chi connectivity index (χ4v) is 5.79. The number of fused-ring (bicyclic) bond motifs is 1. The minimum atomic E-state index is -0.523. The van der Waals surface area contributed by atoms with Gasteiger partial charge in [0.15, 0.2) is 0 Å². The molecule has 0 saturated heterocycles. The van der Waals surface area contributed by atoms with Crippen molar-refractivity contribution in [2.24, 2.45) is 0 Å². The second-order valence-electron chi connectivity index (χ2n) is 8.32. The Balaban J connectivity index is 1.80. The molecule has 7 nitrogen and oxygen atoms in total. The van der Waals surface area contributed by atoms with Crippen molar-refractivity contribution in [3.63, 3.8) is 0 Å². The van der Waals surface area contributed by atoms with Crippen LogP contribution in [0.25, 0.3) is 21.3 Å². The highest BCUT2D eigenvalue weighted by Gasteiger charge is 2.27. The molecule has 4 rings (SSSR count). The van der Waals surface area contributed by atoms with Crippen LogP contribution in [0.1, 0.15) is 57.8 Å². The number of nitrogens with one attached hydrogen (secondary N) is 1. The van der Waals surface area contributed by atoms with Crippen molar-refractivity contribution in [3.8, 4) is 11.1 Å². The number of thiophene rings is 2. The maximum Gasteiger partial charge on any atom is 0.348 e. The molecule has 0 saturated carbocycles. The van der Waals surface area contributed by atoms with Gasteiger partial charge in [-0.3, -0.25) is 0 Å². The summed E-state index contributed by atoms with van der Waals surface area (Å²) in [6, 6.07) is 8.45. The van der Waals surface area contributed by atoms with Gasteiger partial charge in [0, 0.05) is 10.9 Å². The Morgan fingerprint density at radius 3 is 2.56 bits per heavy atom. The molecule has 0 atom stereocenters. The molecule has 0 aliphatic heterocycles. The van der Waals surface area contributed by atoms with Crippen molar-refractivity contribution in [1.82, 2.24) is 9.97 Å². The van der Waals surface area contributed by atoms with E-state index in [1.54, 1.807) is 13.8 Å². The Hall–Kier alpha value is -3.56. The first-order valence-electron chi connectivity index (χ1n) is 11.5. The quantitative estimate of drug-likeness (QED) is 0.185. The van der Waals surface area contributed by atoms with Gasteiger partial charge in [-0.15, -0.1) is 22.7 Å². The van der Waals surface area contributed by atoms with Crippen LogP contribution in [0.4, 0.5) is 10.8 Å². The van der Waals surface area contributed by atoms with Gasteiger partial charge in [0.2, 0.25) is 0 Å². The van der Waals surface area contributed by atoms with Crippen LogP contribution < -0.4 is 5.32 Å². The highest BCUT2D eigenvalue weighted by molar-refractivity contribution is 7.18. The topological polar surface area (TPSA) is 90.4 Å². The maximum absolute atomic E-state index is 12.9. The van der Waals surface area contributed by atoms with Gasteiger partial charge in [0.05, 0.1) is 17.6 Å². The first-order chi connectivity index (χ1) is 17.3. The summed E-state index contributed by atoms with van der Waals surface area (Å²) < 4.78 is 10.5. The summed E-state index contributed by atoms with van der Waals surface area (Å²) >= 11 is 2.66. The van der Waals surface area contributed by atoms with Crippen LogP contribution in [-0.4, -0.2) is 35.1 Å². The van der Waals surface area contributed by atoms with Gasteiger partial charge in [-0.2, -0.15) is 0 Å². The standard InChI is InChI=1S/C27H27N3O4S2/c1-6-12-34-27(32)22-16(5)20(26(31)33-7-2)25(36-22)30-23-21-19(13-35-24(21)29-14-28-23)18-10-8-17(9-11-18)15(3)4/h6,8-11,13-15H,1,7,12H2,2-5H3,(H,28,29,30). The van der Waals surface area contributed by atoms with Gasteiger partial charge in [-0.25, -0.2) is 19.6 Å². The van der Waals surface area contributed by atoms with E-state index in [0.717, 1.165) is 32.7 Å². The number of esters is 2. The normalized spacial score (nSPS) is 11.0. The molecular formula is C27H27N3O4S2. The van der Waals surface area contributed by atoms with E-state index in [1.165, 1.54) is 29.3 Å². The predicted molar refractivity (Wildman–Crippen MR) is 146 cm³/mol. The highest BCUT2D eigenvalue weighted by atomic mass is 32.1. The Morgan fingerprint density at radius 2 is 1.89 bits per heavy atom. The number of carbonyl (C=O) groups excluding carboxylic acids is 2. The van der Waals surface area contributed by atoms with E-state index in [-0.39, 0.29) is 18.8 Å². The van der Waals surface area contributed by atoms with Crippen LogP contribution in [0, 0.1) is 6.92 Å². The van der Waals surface area contributed by atoms with Crippen LogP contribution >= 0.6 is 22.7 Å². The number of nitrogens with zero attached hydrogens (tertiary/aromatic N) is 2. The molecule has 4 aromatic rings. The summed E-state index contributed by atoms with van der Waals surface area (Å²) in [5, 5.41) is 6.66. The average Bonchev–Trinajstić information content (AvgIpc) is 3.44. The lowest BCUT2D eigenvalue weighted by molar-refractivity contribution is 0.0527. The first-order valence-corrected chi connectivity index (χ1v) is 13.2. The van der Waals surface area contributed by atoms with E-state index < -0.39 is 11.9 Å². The minimum absolute atomic E-state index is 0.0775. The molecule has 1 aromatic carbocycles. The smallest absolute Gasteiger partial charge is 0.348 e. The van der Waals surface area contributed by atoms with Gasteiger partial charge in [-0.05, 0) is 36.5 Å². The summed E-state index contributed by atoms with van der Waals surface area (Å²) in [6.45, 7) is 11.6. The molecule has 36 heavy (non-hydrogen) atoms. The van der Waals surface area contributed by atoms with E-state index in [4.69, 9.17) is 9.47 Å². The van der Waals surface area contributed by atoms with Crippen molar-refractivity contribution < 1.29 is 19.1 Å². The zero-order chi connectivity index (χ0) is 25.8. The van der Waals surface area contributed by atoms with Gasteiger partial charge in [-0.1, -0.05) is 50.8 Å².